The van der Waals surface area contributed by atoms with Crippen molar-refractivity contribution in [3.8, 4) is 0 Å². The molecule has 4 saturated heterocycles. The molecular weight excluding hydrogens is 648 g/mol. The molecule has 284 valence electrons. The van der Waals surface area contributed by atoms with Gasteiger partial charge in [-0.3, -0.25) is 9.59 Å². The number of ether oxygens (including phenoxy) is 7. The largest absolute Gasteiger partial charge is 0.459 e. The first kappa shape index (κ1) is 40.4. The Morgan fingerprint density at radius 1 is 1.02 bits per heavy atom. The Morgan fingerprint density at radius 3 is 2.30 bits per heavy atom. The number of cyclic esters (lactones) is 1. The van der Waals surface area contributed by atoms with E-state index in [1.165, 1.54) is 13.8 Å². The Morgan fingerprint density at radius 2 is 1.70 bits per heavy atom. The van der Waals surface area contributed by atoms with Gasteiger partial charge >= 0.3 is 17.9 Å². The zero-order valence-corrected chi connectivity index (χ0v) is 32.1. The van der Waals surface area contributed by atoms with Gasteiger partial charge in [0.1, 0.15) is 11.7 Å². The number of carbonyl (C=O) groups excluding carboxylic acids is 3. The summed E-state index contributed by atoms with van der Waals surface area (Å²) in [6.07, 6.45) is -2.93. The van der Waals surface area contributed by atoms with E-state index in [1.54, 1.807) is 6.92 Å². The highest BCUT2D eigenvalue weighted by Gasteiger charge is 2.58. The first-order chi connectivity index (χ1) is 23.3. The van der Waals surface area contributed by atoms with Gasteiger partial charge in [0.2, 0.25) is 0 Å². The van der Waals surface area contributed by atoms with Crippen molar-refractivity contribution in [1.82, 2.24) is 4.90 Å². The molecule has 0 radical (unpaired) electrons. The fourth-order valence-corrected chi connectivity index (χ4v) is 8.54. The standard InChI is InChI=1S/C37H60N2O11/c1-14-28-37(11)32(38-50-26(9)41)22(5)29(49-37)20(3)16-36(10)33(23(6)30(24(7)34(42)47-28)43-17-19(2)18-44-36)48-35-31(46-25(8)40)27(39(12)13)15-21(4)45-35/h20-24,27-31,33,35H,2,14-18H2,1,3-13H3/b38-32+/t20-,21-,22?,23-,24-,27+,28-,29?,30+,31-,33-,35+,36-,37?/m1/s1. The van der Waals surface area contributed by atoms with Crippen LogP contribution in [0, 0.1) is 23.7 Å². The molecule has 4 bridgehead atoms. The molecule has 13 heteroatoms. The van der Waals surface area contributed by atoms with E-state index in [2.05, 4.69) is 18.7 Å². The van der Waals surface area contributed by atoms with E-state index in [4.69, 9.17) is 38.0 Å². The van der Waals surface area contributed by atoms with Gasteiger partial charge in [0.05, 0.1) is 60.9 Å². The number of carbonyl (C=O) groups is 3. The molecular formula is C37H60N2O11. The minimum Gasteiger partial charge on any atom is -0.459 e. The van der Waals surface area contributed by atoms with Crippen molar-refractivity contribution < 1.29 is 52.4 Å². The number of oxime groups is 1. The predicted octanol–water partition coefficient (Wildman–Crippen LogP) is 4.45. The average Bonchev–Trinajstić information content (AvgIpc) is 3.31. The molecule has 14 atom stereocenters. The molecule has 0 aliphatic carbocycles. The quantitative estimate of drug-likeness (QED) is 0.167. The first-order valence-corrected chi connectivity index (χ1v) is 18.0. The maximum atomic E-state index is 14.2. The van der Waals surface area contributed by atoms with Gasteiger partial charge in [0, 0.05) is 25.7 Å². The van der Waals surface area contributed by atoms with Crippen LogP contribution in [-0.4, -0.2) is 116 Å². The van der Waals surface area contributed by atoms with E-state index in [-0.39, 0.29) is 37.2 Å². The summed E-state index contributed by atoms with van der Waals surface area (Å²) in [5, 5.41) is 4.29. The average molecular weight is 709 g/mol. The smallest absolute Gasteiger partial charge is 0.331 e. The molecule has 0 N–H and O–H groups in total. The predicted molar refractivity (Wildman–Crippen MR) is 184 cm³/mol. The summed E-state index contributed by atoms with van der Waals surface area (Å²) in [4.78, 5) is 45.7. The molecule has 0 aromatic carbocycles. The maximum absolute atomic E-state index is 14.2. The Labute approximate surface area is 297 Å². The van der Waals surface area contributed by atoms with Crippen molar-refractivity contribution in [3.63, 3.8) is 0 Å². The zero-order chi connectivity index (χ0) is 37.3. The lowest BCUT2D eigenvalue weighted by Crippen LogP contribution is -2.60. The van der Waals surface area contributed by atoms with Crippen LogP contribution in [0.15, 0.2) is 17.3 Å². The number of likely N-dealkylation sites (N-methyl/N-ethyl adjacent to an activating group) is 1. The van der Waals surface area contributed by atoms with Crippen molar-refractivity contribution in [3.05, 3.63) is 12.2 Å². The summed E-state index contributed by atoms with van der Waals surface area (Å²) >= 11 is 0. The summed E-state index contributed by atoms with van der Waals surface area (Å²) in [5.41, 5.74) is -0.977. The first-order valence-electron chi connectivity index (χ1n) is 18.0. The fraction of sp³-hybridized carbons (Fsp3) is 0.838. The molecule has 0 saturated carbocycles. The number of fused-ring (bicyclic) bond motifs is 5. The topological polar surface area (TPSA) is 141 Å². The van der Waals surface area contributed by atoms with Crippen LogP contribution in [0.2, 0.25) is 0 Å². The number of rotatable bonds is 6. The summed E-state index contributed by atoms with van der Waals surface area (Å²) in [6.45, 7) is 22.8. The molecule has 3 unspecified atom stereocenters. The minimum absolute atomic E-state index is 0.164. The number of hydrogen-bond donors (Lipinski definition) is 0. The van der Waals surface area contributed by atoms with Gasteiger partial charge < -0.3 is 42.9 Å². The monoisotopic (exact) mass is 708 g/mol. The van der Waals surface area contributed by atoms with Gasteiger partial charge in [0.15, 0.2) is 12.4 Å². The summed E-state index contributed by atoms with van der Waals surface area (Å²) < 4.78 is 45.9. The van der Waals surface area contributed by atoms with E-state index in [1.807, 2.05) is 60.5 Å². The lowest BCUT2D eigenvalue weighted by atomic mass is 9.75. The summed E-state index contributed by atoms with van der Waals surface area (Å²) in [6, 6.07) is -0.174. The number of nitrogens with zero attached hydrogens (tertiary/aromatic N) is 2. The molecule has 0 spiro atoms. The van der Waals surface area contributed by atoms with Crippen molar-refractivity contribution in [2.75, 3.05) is 27.3 Å². The van der Waals surface area contributed by atoms with E-state index in [0.717, 1.165) is 0 Å². The molecule has 4 aliphatic rings. The van der Waals surface area contributed by atoms with Gasteiger partial charge in [-0.05, 0) is 72.5 Å². The lowest BCUT2D eigenvalue weighted by molar-refractivity contribution is -0.305. The number of esters is 2. The molecule has 4 heterocycles. The van der Waals surface area contributed by atoms with Crippen molar-refractivity contribution in [1.29, 1.82) is 0 Å². The van der Waals surface area contributed by atoms with Crippen molar-refractivity contribution >= 4 is 23.6 Å². The maximum Gasteiger partial charge on any atom is 0.331 e. The van der Waals surface area contributed by atoms with Crippen molar-refractivity contribution in [2.45, 2.75) is 149 Å². The van der Waals surface area contributed by atoms with Gasteiger partial charge in [-0.1, -0.05) is 39.4 Å². The van der Waals surface area contributed by atoms with Gasteiger partial charge in [-0.2, -0.15) is 0 Å². The Bertz CT molecular complexity index is 1290. The highest BCUT2D eigenvalue weighted by atomic mass is 16.7. The number of hydrogen-bond acceptors (Lipinski definition) is 13. The van der Waals surface area contributed by atoms with Crippen LogP contribution in [0.25, 0.3) is 0 Å². The SMILES string of the molecule is C=C1CO[C@H]2[C@@H](C)[C@@H](O[C@@H]3O[C@H](C)C[C@H](N(C)C)[C@H]3OC(C)=O)[C@@](C)(C[C@@H](C)C3OC(C)(/C(=N/OC(C)=O)C3C)[C@@H](CC)OC(=O)[C@@H]2C)OC1. The van der Waals surface area contributed by atoms with Crippen LogP contribution in [0.1, 0.15) is 88.5 Å². The van der Waals surface area contributed by atoms with Gasteiger partial charge in [0.25, 0.3) is 0 Å². The lowest BCUT2D eigenvalue weighted by Gasteiger charge is -2.49. The van der Waals surface area contributed by atoms with Crippen LogP contribution in [0.5, 0.6) is 0 Å². The fourth-order valence-electron chi connectivity index (χ4n) is 8.54. The molecule has 0 aromatic rings. The minimum atomic E-state index is -1.17. The normalized spacial score (nSPS) is 43.9. The molecule has 50 heavy (non-hydrogen) atoms. The van der Waals surface area contributed by atoms with Gasteiger partial charge in [-0.15, -0.1) is 0 Å². The highest BCUT2D eigenvalue weighted by molar-refractivity contribution is 5.97. The van der Waals surface area contributed by atoms with Crippen molar-refractivity contribution in [2.24, 2.45) is 28.8 Å². The molecule has 13 nitrogen and oxygen atoms in total. The Balaban J connectivity index is 1.88. The van der Waals surface area contributed by atoms with Gasteiger partial charge in [-0.25, -0.2) is 4.79 Å². The van der Waals surface area contributed by atoms with Crippen LogP contribution in [0.3, 0.4) is 0 Å². The third-order valence-electron chi connectivity index (χ3n) is 11.0. The second-order valence-corrected chi connectivity index (χ2v) is 15.5. The third-order valence-corrected chi connectivity index (χ3v) is 11.0. The molecule has 4 fully saturated rings. The summed E-state index contributed by atoms with van der Waals surface area (Å²) in [7, 11) is 3.88. The van der Waals surface area contributed by atoms with Crippen LogP contribution < -0.4 is 0 Å². The van der Waals surface area contributed by atoms with E-state index in [0.29, 0.717) is 30.5 Å². The molecule has 4 aliphatic heterocycles. The Hall–Kier alpha value is -2.42. The van der Waals surface area contributed by atoms with Crippen LogP contribution in [0.4, 0.5) is 0 Å². The molecule has 0 amide bonds. The molecule has 4 rings (SSSR count). The van der Waals surface area contributed by atoms with E-state index < -0.39 is 77.8 Å². The zero-order valence-electron chi connectivity index (χ0n) is 32.1. The van der Waals surface area contributed by atoms with E-state index in [9.17, 15) is 14.4 Å². The second-order valence-electron chi connectivity index (χ2n) is 15.5. The molecule has 0 aromatic heterocycles. The third kappa shape index (κ3) is 8.44. The van der Waals surface area contributed by atoms with Crippen LogP contribution in [-0.2, 0) is 52.4 Å². The Kier molecular flexibility index (Phi) is 13.0. The van der Waals surface area contributed by atoms with Crippen LogP contribution >= 0.6 is 0 Å². The van der Waals surface area contributed by atoms with E-state index >= 15 is 0 Å². The summed E-state index contributed by atoms with van der Waals surface area (Å²) in [5.74, 6) is -3.14. The highest BCUT2D eigenvalue weighted by Crippen LogP contribution is 2.46. The second kappa shape index (κ2) is 16.1.